The van der Waals surface area contributed by atoms with Crippen LogP contribution in [0, 0.1) is 11.3 Å². The maximum Gasteiger partial charge on any atom is 0.441 e. The average molecular weight is 519 g/mol. The van der Waals surface area contributed by atoms with Crippen molar-refractivity contribution in [2.45, 2.75) is 50.6 Å². The second kappa shape index (κ2) is 9.77. The first kappa shape index (κ1) is 26.3. The zero-order chi connectivity index (χ0) is 26.0. The highest BCUT2D eigenvalue weighted by atomic mass is 32.1. The summed E-state index contributed by atoms with van der Waals surface area (Å²) in [5.74, 6) is -3.53. The number of anilines is 1. The largest absolute Gasteiger partial charge is 0.463 e. The third kappa shape index (κ3) is 5.22. The van der Waals surface area contributed by atoms with E-state index in [1.165, 1.54) is 12.2 Å². The molecule has 35 heavy (non-hydrogen) atoms. The lowest BCUT2D eigenvalue weighted by molar-refractivity contribution is -0.204. The Morgan fingerprint density at radius 1 is 1.14 bits per heavy atom. The van der Waals surface area contributed by atoms with Crippen molar-refractivity contribution in [2.24, 2.45) is 0 Å². The Kier molecular flexibility index (Phi) is 7.35. The molecule has 2 aromatic rings. The number of nitriles is 1. The van der Waals surface area contributed by atoms with Gasteiger partial charge in [-0.3, -0.25) is 4.79 Å². The van der Waals surface area contributed by atoms with Crippen molar-refractivity contribution in [1.29, 1.82) is 5.26 Å². The summed E-state index contributed by atoms with van der Waals surface area (Å²) in [6.07, 6.45) is -7.86. The summed E-state index contributed by atoms with van der Waals surface area (Å²) in [6.45, 7) is 0.766. The van der Waals surface area contributed by atoms with Crippen LogP contribution in [0.1, 0.15) is 51.7 Å². The van der Waals surface area contributed by atoms with Gasteiger partial charge in [0.25, 0.3) is 5.91 Å². The Bertz CT molecular complexity index is 1170. The highest BCUT2D eigenvalue weighted by molar-refractivity contribution is 7.16. The molecule has 13 heteroatoms. The number of carbonyl (C=O) groups is 2. The van der Waals surface area contributed by atoms with Gasteiger partial charge < -0.3 is 15.4 Å². The van der Waals surface area contributed by atoms with E-state index in [1.807, 2.05) is 11.4 Å². The molecule has 1 atom stereocenters. The van der Waals surface area contributed by atoms with E-state index in [2.05, 4.69) is 4.74 Å². The molecular formula is C22H19F6N3O3S. The summed E-state index contributed by atoms with van der Waals surface area (Å²) < 4.78 is 87.1. The zero-order valence-electron chi connectivity index (χ0n) is 18.2. The van der Waals surface area contributed by atoms with Crippen LogP contribution < -0.4 is 10.6 Å². The number of nitrogens with one attached hydrogen (secondary N) is 2. The van der Waals surface area contributed by atoms with E-state index in [9.17, 15) is 41.2 Å². The molecule has 1 unspecified atom stereocenters. The molecule has 0 fully saturated rings. The molecule has 1 amide bonds. The van der Waals surface area contributed by atoms with Crippen molar-refractivity contribution >= 4 is 28.2 Å². The highest BCUT2D eigenvalue weighted by Gasteiger charge is 2.64. The number of rotatable bonds is 6. The van der Waals surface area contributed by atoms with E-state index in [0.717, 1.165) is 36.3 Å². The van der Waals surface area contributed by atoms with Gasteiger partial charge in [0.05, 0.1) is 17.7 Å². The first-order valence-corrected chi connectivity index (χ1v) is 11.2. The number of hydrogen-bond donors (Lipinski definition) is 2. The van der Waals surface area contributed by atoms with Gasteiger partial charge in [-0.25, -0.2) is 4.79 Å². The predicted octanol–water partition coefficient (Wildman–Crippen LogP) is 5.18. The van der Waals surface area contributed by atoms with Gasteiger partial charge in [0, 0.05) is 10.4 Å². The lowest BCUT2D eigenvalue weighted by Crippen LogP contribution is -2.69. The Morgan fingerprint density at radius 2 is 1.83 bits per heavy atom. The van der Waals surface area contributed by atoms with Gasteiger partial charge in [-0.05, 0) is 56.4 Å². The van der Waals surface area contributed by atoms with Gasteiger partial charge in [0.1, 0.15) is 11.1 Å². The number of nitrogens with zero attached hydrogens (tertiary/aromatic N) is 1. The van der Waals surface area contributed by atoms with Gasteiger partial charge in [-0.15, -0.1) is 11.3 Å². The smallest absolute Gasteiger partial charge is 0.441 e. The lowest BCUT2D eigenvalue weighted by Gasteiger charge is -2.35. The zero-order valence-corrected chi connectivity index (χ0v) is 19.0. The molecule has 0 bridgehead atoms. The van der Waals surface area contributed by atoms with E-state index in [1.54, 1.807) is 0 Å². The quantitative estimate of drug-likeness (QED) is 0.312. The molecule has 0 radical (unpaired) electrons. The normalized spacial score (nSPS) is 15.4. The van der Waals surface area contributed by atoms with Crippen molar-refractivity contribution in [3.63, 3.8) is 0 Å². The molecule has 0 saturated heterocycles. The number of esters is 1. The molecule has 3 rings (SSSR count). The maximum atomic E-state index is 14.5. The number of aryl methyl sites for hydroxylation is 1. The Morgan fingerprint density at radius 3 is 2.43 bits per heavy atom. The minimum absolute atomic E-state index is 0.0871. The summed E-state index contributed by atoms with van der Waals surface area (Å²) >= 11 is 0.852. The lowest BCUT2D eigenvalue weighted by atomic mass is 9.96. The van der Waals surface area contributed by atoms with Gasteiger partial charge >= 0.3 is 24.0 Å². The summed E-state index contributed by atoms with van der Waals surface area (Å²) in [5.41, 5.74) is -5.41. The molecule has 188 valence electrons. The molecular weight excluding hydrogens is 500 g/mol. The topological polar surface area (TPSA) is 91.2 Å². The van der Waals surface area contributed by atoms with Crippen molar-refractivity contribution in [3.05, 3.63) is 51.4 Å². The molecule has 2 N–H and O–H groups in total. The molecule has 0 saturated carbocycles. The number of halogens is 6. The monoisotopic (exact) mass is 519 g/mol. The van der Waals surface area contributed by atoms with E-state index in [-0.39, 0.29) is 10.6 Å². The molecule has 1 aliphatic rings. The van der Waals surface area contributed by atoms with Crippen LogP contribution >= 0.6 is 11.3 Å². The number of thiophene rings is 1. The fourth-order valence-corrected chi connectivity index (χ4v) is 4.95. The fourth-order valence-electron chi connectivity index (χ4n) is 3.65. The second-order valence-corrected chi connectivity index (χ2v) is 8.76. The van der Waals surface area contributed by atoms with Crippen LogP contribution in [0.25, 0.3) is 0 Å². The third-order valence-electron chi connectivity index (χ3n) is 5.34. The fraction of sp³-hybridized carbons (Fsp3) is 0.409. The summed E-state index contributed by atoms with van der Waals surface area (Å²) in [5, 5.41) is 12.8. The second-order valence-electron chi connectivity index (χ2n) is 7.65. The van der Waals surface area contributed by atoms with Crippen LogP contribution in [0.5, 0.6) is 0 Å². The Balaban J connectivity index is 2.10. The van der Waals surface area contributed by atoms with E-state index in [0.29, 0.717) is 35.4 Å². The summed E-state index contributed by atoms with van der Waals surface area (Å²) in [6, 6.07) is 4.59. The molecule has 1 heterocycles. The van der Waals surface area contributed by atoms with Gasteiger partial charge in [0.2, 0.25) is 0 Å². The molecule has 1 aliphatic carbocycles. The number of ether oxygens (including phenoxy) is 1. The van der Waals surface area contributed by atoms with Crippen molar-refractivity contribution < 1.29 is 40.7 Å². The van der Waals surface area contributed by atoms with E-state index >= 15 is 0 Å². The SMILES string of the molecule is CCOC(=O)C(NC(=O)c1cccc(C(F)(F)F)c1)(Nc1sc2c(c1C#N)CCCC2)C(F)(F)F. The van der Waals surface area contributed by atoms with E-state index < -0.39 is 47.6 Å². The molecule has 1 aromatic heterocycles. The molecule has 0 aliphatic heterocycles. The van der Waals surface area contributed by atoms with Gasteiger partial charge in [0.15, 0.2) is 0 Å². The van der Waals surface area contributed by atoms with Crippen molar-refractivity contribution in [3.8, 4) is 6.07 Å². The minimum atomic E-state index is -5.51. The number of amides is 1. The predicted molar refractivity (Wildman–Crippen MR) is 114 cm³/mol. The highest BCUT2D eigenvalue weighted by Crippen LogP contribution is 2.42. The Labute approximate surface area is 199 Å². The number of carbonyl (C=O) groups excluding carboxylic acids is 2. The number of alkyl halides is 6. The first-order chi connectivity index (χ1) is 16.3. The average Bonchev–Trinajstić information content (AvgIpc) is 3.14. The molecule has 0 spiro atoms. The standard InChI is InChI=1S/C22H19F6N3O3S/c1-2-34-19(33)20(22(26,27)28,30-17(32)12-6-5-7-13(10-12)21(23,24)25)31-18-15(11-29)14-8-3-4-9-16(14)35-18/h5-7,10,31H,2-4,8-9H2,1H3,(H,30,32). The molecule has 6 nitrogen and oxygen atoms in total. The van der Waals surface area contributed by atoms with Crippen LogP contribution in [0.3, 0.4) is 0 Å². The van der Waals surface area contributed by atoms with Crippen LogP contribution in [-0.2, 0) is 28.5 Å². The Hall–Kier alpha value is -3.27. The number of benzene rings is 1. The van der Waals surface area contributed by atoms with Crippen LogP contribution in [0.2, 0.25) is 0 Å². The molecule has 1 aromatic carbocycles. The van der Waals surface area contributed by atoms with Crippen LogP contribution in [0.15, 0.2) is 24.3 Å². The number of fused-ring (bicyclic) bond motifs is 1. The van der Waals surface area contributed by atoms with Crippen molar-refractivity contribution in [2.75, 3.05) is 11.9 Å². The minimum Gasteiger partial charge on any atom is -0.463 e. The first-order valence-electron chi connectivity index (χ1n) is 10.4. The summed E-state index contributed by atoms with van der Waals surface area (Å²) in [7, 11) is 0. The summed E-state index contributed by atoms with van der Waals surface area (Å²) in [4.78, 5) is 26.1. The third-order valence-corrected chi connectivity index (χ3v) is 6.55. The number of hydrogen-bond acceptors (Lipinski definition) is 6. The van der Waals surface area contributed by atoms with Crippen molar-refractivity contribution in [1.82, 2.24) is 5.32 Å². The van der Waals surface area contributed by atoms with Gasteiger partial charge in [-0.1, -0.05) is 6.07 Å². The van der Waals surface area contributed by atoms with Gasteiger partial charge in [-0.2, -0.15) is 31.6 Å². The van der Waals surface area contributed by atoms with Crippen LogP contribution in [-0.4, -0.2) is 30.3 Å². The maximum absolute atomic E-state index is 14.5. The van der Waals surface area contributed by atoms with E-state index in [4.69, 9.17) is 0 Å². The van der Waals surface area contributed by atoms with Crippen LogP contribution in [0.4, 0.5) is 31.3 Å².